The first-order valence-electron chi connectivity index (χ1n) is 6.45. The largest absolute Gasteiger partial charge is 0.481 e. The Balaban J connectivity index is 1.61. The predicted molar refractivity (Wildman–Crippen MR) is 79.1 cm³/mol. The smallest absolute Gasteiger partial charge is 0.310 e. The summed E-state index contributed by atoms with van der Waals surface area (Å²) in [5, 5.41) is 9.46. The van der Waals surface area contributed by atoms with Gasteiger partial charge in [-0.15, -0.1) is 11.8 Å². The van der Waals surface area contributed by atoms with Gasteiger partial charge in [0.1, 0.15) is 0 Å². The first-order chi connectivity index (χ1) is 9.56. The van der Waals surface area contributed by atoms with Gasteiger partial charge < -0.3 is 10.0 Å². The van der Waals surface area contributed by atoms with Crippen molar-refractivity contribution in [2.75, 3.05) is 18.8 Å². The average Bonchev–Trinajstić information content (AvgIpc) is 2.34. The number of rotatable bonds is 6. The van der Waals surface area contributed by atoms with Crippen molar-refractivity contribution in [3.05, 3.63) is 29.3 Å². The van der Waals surface area contributed by atoms with Gasteiger partial charge in [0.25, 0.3) is 0 Å². The van der Waals surface area contributed by atoms with Crippen LogP contribution in [0.25, 0.3) is 0 Å². The summed E-state index contributed by atoms with van der Waals surface area (Å²) in [5.74, 6) is -0.266. The number of hydrogen-bond donors (Lipinski definition) is 1. The second-order valence-corrected chi connectivity index (χ2v) is 6.34. The molecule has 1 amide bonds. The van der Waals surface area contributed by atoms with Gasteiger partial charge in [0.2, 0.25) is 5.91 Å². The lowest BCUT2D eigenvalue weighted by Crippen LogP contribution is -2.52. The molecule has 1 aromatic rings. The third kappa shape index (κ3) is 4.15. The number of carbonyl (C=O) groups excluding carboxylic acids is 1. The average molecular weight is 314 g/mol. The normalized spacial score (nSPS) is 14.9. The van der Waals surface area contributed by atoms with E-state index >= 15 is 0 Å². The summed E-state index contributed by atoms with van der Waals surface area (Å²) in [6.45, 7) is 0.719. The van der Waals surface area contributed by atoms with Crippen LogP contribution < -0.4 is 0 Å². The molecule has 1 saturated heterocycles. The molecular weight excluding hydrogens is 298 g/mol. The van der Waals surface area contributed by atoms with Gasteiger partial charge in [-0.2, -0.15) is 0 Å². The van der Waals surface area contributed by atoms with Crippen LogP contribution in [0.1, 0.15) is 12.8 Å². The fraction of sp³-hybridized carbons (Fsp3) is 0.429. The molecule has 1 N–H and O–H groups in total. The van der Waals surface area contributed by atoms with Crippen molar-refractivity contribution in [3.63, 3.8) is 0 Å². The number of carbonyl (C=O) groups is 2. The maximum atomic E-state index is 11.8. The Bertz CT molecular complexity index is 486. The summed E-state index contributed by atoms with van der Waals surface area (Å²) in [7, 11) is 0. The first-order valence-corrected chi connectivity index (χ1v) is 7.81. The van der Waals surface area contributed by atoms with Crippen molar-refractivity contribution in [1.29, 1.82) is 0 Å². The highest BCUT2D eigenvalue weighted by Gasteiger charge is 2.34. The molecule has 1 aliphatic rings. The molecule has 0 bridgehead atoms. The minimum atomic E-state index is -0.813. The van der Waals surface area contributed by atoms with Crippen molar-refractivity contribution in [2.45, 2.75) is 17.7 Å². The minimum Gasteiger partial charge on any atom is -0.481 e. The van der Waals surface area contributed by atoms with Crippen molar-refractivity contribution < 1.29 is 14.7 Å². The second kappa shape index (κ2) is 6.99. The zero-order valence-corrected chi connectivity index (χ0v) is 12.5. The molecule has 0 radical (unpaired) electrons. The van der Waals surface area contributed by atoms with Crippen LogP contribution in [0.15, 0.2) is 29.2 Å². The third-order valence-corrected chi connectivity index (χ3v) is 4.55. The van der Waals surface area contributed by atoms with Gasteiger partial charge in [-0.05, 0) is 36.4 Å². The lowest BCUT2D eigenvalue weighted by atomic mass is 10.00. The van der Waals surface area contributed by atoms with Gasteiger partial charge in [0, 0.05) is 29.4 Å². The van der Waals surface area contributed by atoms with E-state index in [4.69, 9.17) is 16.7 Å². The van der Waals surface area contributed by atoms with Gasteiger partial charge in [0.15, 0.2) is 0 Å². The van der Waals surface area contributed by atoms with Gasteiger partial charge in [0.05, 0.1) is 5.92 Å². The Morgan fingerprint density at radius 3 is 2.55 bits per heavy atom. The molecule has 0 unspecified atom stereocenters. The Kier molecular flexibility index (Phi) is 5.31. The van der Waals surface area contributed by atoms with E-state index in [-0.39, 0.29) is 11.8 Å². The third-order valence-electron chi connectivity index (χ3n) is 3.20. The number of halogens is 1. The number of carboxylic acid groups (broad SMARTS) is 1. The molecule has 6 heteroatoms. The van der Waals surface area contributed by atoms with E-state index in [1.807, 2.05) is 24.3 Å². The van der Waals surface area contributed by atoms with Crippen LogP contribution >= 0.6 is 23.4 Å². The summed E-state index contributed by atoms with van der Waals surface area (Å²) < 4.78 is 0. The molecule has 1 heterocycles. The number of benzene rings is 1. The predicted octanol–water partition coefficient (Wildman–Crippen LogP) is 2.76. The molecule has 2 rings (SSSR count). The quantitative estimate of drug-likeness (QED) is 0.648. The lowest BCUT2D eigenvalue weighted by molar-refractivity contribution is -0.152. The lowest BCUT2D eigenvalue weighted by Gasteiger charge is -2.36. The number of carboxylic acids is 1. The van der Waals surface area contributed by atoms with Crippen LogP contribution in [0, 0.1) is 5.92 Å². The molecule has 4 nitrogen and oxygen atoms in total. The van der Waals surface area contributed by atoms with Crippen LogP contribution in [0.5, 0.6) is 0 Å². The fourth-order valence-electron chi connectivity index (χ4n) is 1.94. The van der Waals surface area contributed by atoms with E-state index in [1.165, 1.54) is 0 Å². The van der Waals surface area contributed by atoms with Gasteiger partial charge in [-0.25, -0.2) is 0 Å². The van der Waals surface area contributed by atoms with Crippen molar-refractivity contribution in [3.8, 4) is 0 Å². The molecule has 1 aromatic carbocycles. The molecule has 20 heavy (non-hydrogen) atoms. The molecular formula is C14H16ClNO3S. The van der Waals surface area contributed by atoms with E-state index in [9.17, 15) is 9.59 Å². The van der Waals surface area contributed by atoms with Crippen LogP contribution in [-0.2, 0) is 9.59 Å². The molecule has 0 spiro atoms. The van der Waals surface area contributed by atoms with Gasteiger partial charge in [-0.3, -0.25) is 9.59 Å². The maximum absolute atomic E-state index is 11.8. The topological polar surface area (TPSA) is 57.6 Å². The minimum absolute atomic E-state index is 0.0548. The first kappa shape index (κ1) is 15.2. The van der Waals surface area contributed by atoms with E-state index < -0.39 is 5.97 Å². The highest BCUT2D eigenvalue weighted by atomic mass is 35.5. The van der Waals surface area contributed by atoms with Crippen LogP contribution in [-0.4, -0.2) is 40.7 Å². The van der Waals surface area contributed by atoms with Gasteiger partial charge >= 0.3 is 5.97 Å². The number of nitrogens with zero attached hydrogens (tertiary/aromatic N) is 1. The number of aliphatic carboxylic acids is 1. The highest BCUT2D eigenvalue weighted by molar-refractivity contribution is 7.99. The van der Waals surface area contributed by atoms with Crippen LogP contribution in [0.2, 0.25) is 5.02 Å². The maximum Gasteiger partial charge on any atom is 0.310 e. The standard InChI is InChI=1S/C14H16ClNO3S/c15-11-3-5-12(6-4-11)20-7-1-2-13(17)16-8-10(9-16)14(18)19/h3-6,10H,1-2,7-9H2,(H,18,19). The molecule has 0 aliphatic carbocycles. The van der Waals surface area contributed by atoms with E-state index in [0.717, 1.165) is 22.1 Å². The number of hydrogen-bond acceptors (Lipinski definition) is 3. The highest BCUT2D eigenvalue weighted by Crippen LogP contribution is 2.22. The van der Waals surface area contributed by atoms with Crippen LogP contribution in [0.3, 0.4) is 0 Å². The number of likely N-dealkylation sites (tertiary alicyclic amines) is 1. The molecule has 0 atom stereocenters. The van der Waals surface area contributed by atoms with Crippen molar-refractivity contribution >= 4 is 35.2 Å². The SMILES string of the molecule is O=C(O)C1CN(C(=O)CCCSc2ccc(Cl)cc2)C1. The summed E-state index contributed by atoms with van der Waals surface area (Å²) in [6, 6.07) is 7.62. The monoisotopic (exact) mass is 313 g/mol. The molecule has 108 valence electrons. The summed E-state index contributed by atoms with van der Waals surface area (Å²) >= 11 is 7.49. The summed E-state index contributed by atoms with van der Waals surface area (Å²) in [4.78, 5) is 25.1. The zero-order valence-electron chi connectivity index (χ0n) is 10.9. The van der Waals surface area contributed by atoms with Gasteiger partial charge in [-0.1, -0.05) is 11.6 Å². The van der Waals surface area contributed by atoms with E-state index in [0.29, 0.717) is 19.5 Å². The van der Waals surface area contributed by atoms with E-state index in [2.05, 4.69) is 0 Å². The Morgan fingerprint density at radius 1 is 1.30 bits per heavy atom. The Hall–Kier alpha value is -1.20. The zero-order chi connectivity index (χ0) is 14.5. The van der Waals surface area contributed by atoms with Crippen molar-refractivity contribution in [1.82, 2.24) is 4.90 Å². The molecule has 0 aromatic heterocycles. The van der Waals surface area contributed by atoms with Crippen LogP contribution in [0.4, 0.5) is 0 Å². The van der Waals surface area contributed by atoms with Crippen molar-refractivity contribution in [2.24, 2.45) is 5.92 Å². The molecule has 1 aliphatic heterocycles. The number of thioether (sulfide) groups is 1. The second-order valence-electron chi connectivity index (χ2n) is 4.74. The Morgan fingerprint density at radius 2 is 1.95 bits per heavy atom. The molecule has 1 fully saturated rings. The number of amides is 1. The molecule has 0 saturated carbocycles. The Labute approximate surface area is 127 Å². The van der Waals surface area contributed by atoms with E-state index in [1.54, 1.807) is 16.7 Å². The summed E-state index contributed by atoms with van der Waals surface area (Å²) in [5.41, 5.74) is 0. The summed E-state index contributed by atoms with van der Waals surface area (Å²) in [6.07, 6.45) is 1.27. The fourth-order valence-corrected chi connectivity index (χ4v) is 2.92.